The van der Waals surface area contributed by atoms with Crippen molar-refractivity contribution in [3.63, 3.8) is 0 Å². The molecule has 1 aliphatic heterocycles. The zero-order valence-corrected chi connectivity index (χ0v) is 16.8. The molecule has 6 nitrogen and oxygen atoms in total. The van der Waals surface area contributed by atoms with Crippen LogP contribution in [0.15, 0.2) is 24.3 Å². The molecule has 1 saturated carbocycles. The van der Waals surface area contributed by atoms with Crippen LogP contribution in [0.3, 0.4) is 0 Å². The van der Waals surface area contributed by atoms with Gasteiger partial charge < -0.3 is 21.1 Å². The SMILES string of the molecule is COC(=O)C(N)CC1CCC(NC(=O)c2ccc(C3CCNCC3)cc2)CC1. The van der Waals surface area contributed by atoms with Crippen LogP contribution in [0, 0.1) is 5.92 Å². The monoisotopic (exact) mass is 387 g/mol. The smallest absolute Gasteiger partial charge is 0.322 e. The van der Waals surface area contributed by atoms with Crippen LogP contribution >= 0.6 is 0 Å². The number of benzene rings is 1. The molecule has 0 radical (unpaired) electrons. The second kappa shape index (κ2) is 10.0. The number of nitrogens with one attached hydrogen (secondary N) is 2. The Morgan fingerprint density at radius 3 is 2.36 bits per heavy atom. The summed E-state index contributed by atoms with van der Waals surface area (Å²) in [6.07, 6.45) is 6.79. The van der Waals surface area contributed by atoms with E-state index < -0.39 is 6.04 Å². The van der Waals surface area contributed by atoms with E-state index in [-0.39, 0.29) is 17.9 Å². The second-order valence-corrected chi connectivity index (χ2v) is 8.20. The van der Waals surface area contributed by atoms with Crippen molar-refractivity contribution in [3.8, 4) is 0 Å². The van der Waals surface area contributed by atoms with Crippen LogP contribution in [0.1, 0.15) is 66.8 Å². The first kappa shape index (κ1) is 20.8. The lowest BCUT2D eigenvalue weighted by molar-refractivity contribution is -0.142. The molecule has 2 fully saturated rings. The fourth-order valence-electron chi connectivity index (χ4n) is 4.48. The number of ether oxygens (including phenoxy) is 1. The van der Waals surface area contributed by atoms with Crippen molar-refractivity contribution in [1.29, 1.82) is 0 Å². The topological polar surface area (TPSA) is 93.4 Å². The maximum atomic E-state index is 12.6. The quantitative estimate of drug-likeness (QED) is 0.652. The van der Waals surface area contributed by atoms with E-state index in [0.29, 0.717) is 18.3 Å². The Balaban J connectivity index is 1.44. The van der Waals surface area contributed by atoms with Gasteiger partial charge in [0.1, 0.15) is 6.04 Å². The van der Waals surface area contributed by atoms with Crippen LogP contribution in [-0.4, -0.2) is 44.2 Å². The molecule has 0 aromatic heterocycles. The van der Waals surface area contributed by atoms with E-state index in [9.17, 15) is 9.59 Å². The summed E-state index contributed by atoms with van der Waals surface area (Å²) in [4.78, 5) is 24.1. The molecule has 6 heteroatoms. The lowest BCUT2D eigenvalue weighted by Crippen LogP contribution is -2.39. The summed E-state index contributed by atoms with van der Waals surface area (Å²) in [5, 5.41) is 6.56. The van der Waals surface area contributed by atoms with Crippen molar-refractivity contribution in [2.75, 3.05) is 20.2 Å². The van der Waals surface area contributed by atoms with Gasteiger partial charge in [0, 0.05) is 11.6 Å². The minimum atomic E-state index is -0.542. The van der Waals surface area contributed by atoms with Crippen LogP contribution in [-0.2, 0) is 9.53 Å². The third kappa shape index (κ3) is 5.55. The van der Waals surface area contributed by atoms with Crippen LogP contribution in [0.5, 0.6) is 0 Å². The van der Waals surface area contributed by atoms with E-state index in [1.807, 2.05) is 12.1 Å². The molecule has 154 valence electrons. The Labute approximate surface area is 167 Å². The number of piperidine rings is 1. The zero-order valence-electron chi connectivity index (χ0n) is 16.8. The van der Waals surface area contributed by atoms with Crippen molar-refractivity contribution >= 4 is 11.9 Å². The minimum absolute atomic E-state index is 0.00609. The fraction of sp³-hybridized carbons (Fsp3) is 0.636. The molecule has 1 saturated heterocycles. The second-order valence-electron chi connectivity index (χ2n) is 8.20. The van der Waals surface area contributed by atoms with Crippen molar-refractivity contribution in [3.05, 3.63) is 35.4 Å². The molecule has 2 aliphatic rings. The molecular formula is C22H33N3O3. The van der Waals surface area contributed by atoms with E-state index in [1.165, 1.54) is 12.7 Å². The Bertz CT molecular complexity index is 647. The van der Waals surface area contributed by atoms with Crippen molar-refractivity contribution < 1.29 is 14.3 Å². The van der Waals surface area contributed by atoms with Crippen molar-refractivity contribution in [1.82, 2.24) is 10.6 Å². The lowest BCUT2D eigenvalue weighted by Gasteiger charge is -2.30. The molecule has 0 bridgehead atoms. The van der Waals surface area contributed by atoms with Gasteiger partial charge in [-0.3, -0.25) is 9.59 Å². The number of rotatable bonds is 6. The molecule has 1 aromatic rings. The standard InChI is InChI=1S/C22H33N3O3/c1-28-22(27)20(23)14-15-2-8-19(9-3-15)25-21(26)18-6-4-16(5-7-18)17-10-12-24-13-11-17/h4-7,15,17,19-20,24H,2-3,8-14,23H2,1H3,(H,25,26). The number of hydrogen-bond acceptors (Lipinski definition) is 5. The van der Waals surface area contributed by atoms with E-state index >= 15 is 0 Å². The van der Waals surface area contributed by atoms with Gasteiger partial charge in [-0.2, -0.15) is 0 Å². The fourth-order valence-corrected chi connectivity index (χ4v) is 4.48. The predicted molar refractivity (Wildman–Crippen MR) is 109 cm³/mol. The molecule has 0 spiro atoms. The number of methoxy groups -OCH3 is 1. The summed E-state index contributed by atoms with van der Waals surface area (Å²) >= 11 is 0. The summed E-state index contributed by atoms with van der Waals surface area (Å²) < 4.78 is 4.70. The normalized spacial score (nSPS) is 24.4. The third-order valence-corrected chi connectivity index (χ3v) is 6.26. The van der Waals surface area contributed by atoms with Crippen molar-refractivity contribution in [2.24, 2.45) is 11.7 Å². The summed E-state index contributed by atoms with van der Waals surface area (Å²) in [5.41, 5.74) is 7.93. The van der Waals surface area contributed by atoms with Crippen LogP contribution in [0.25, 0.3) is 0 Å². The number of amides is 1. The molecule has 1 heterocycles. The van der Waals surface area contributed by atoms with Gasteiger partial charge in [0.05, 0.1) is 7.11 Å². The van der Waals surface area contributed by atoms with E-state index in [0.717, 1.165) is 57.2 Å². The molecule has 28 heavy (non-hydrogen) atoms. The van der Waals surface area contributed by atoms with E-state index in [2.05, 4.69) is 22.8 Å². The van der Waals surface area contributed by atoms with Gasteiger partial charge in [-0.25, -0.2) is 0 Å². The van der Waals surface area contributed by atoms with Crippen LogP contribution < -0.4 is 16.4 Å². The molecular weight excluding hydrogens is 354 g/mol. The lowest BCUT2D eigenvalue weighted by atomic mass is 9.82. The first-order chi connectivity index (χ1) is 13.6. The van der Waals surface area contributed by atoms with Crippen molar-refractivity contribution in [2.45, 2.75) is 62.9 Å². The Morgan fingerprint density at radius 1 is 1.11 bits per heavy atom. The average Bonchev–Trinajstić information content (AvgIpc) is 2.75. The first-order valence-electron chi connectivity index (χ1n) is 10.5. The Morgan fingerprint density at radius 2 is 1.75 bits per heavy atom. The third-order valence-electron chi connectivity index (χ3n) is 6.26. The number of carbonyl (C=O) groups excluding carboxylic acids is 2. The molecule has 1 unspecified atom stereocenters. The zero-order chi connectivity index (χ0) is 19.9. The van der Waals surface area contributed by atoms with Gasteiger partial charge in [0.25, 0.3) is 5.91 Å². The largest absolute Gasteiger partial charge is 0.468 e. The highest BCUT2D eigenvalue weighted by Crippen LogP contribution is 2.28. The summed E-state index contributed by atoms with van der Waals surface area (Å²) in [5.74, 6) is 0.687. The molecule has 1 atom stereocenters. The number of carbonyl (C=O) groups is 2. The number of nitrogens with two attached hydrogens (primary N) is 1. The summed E-state index contributed by atoms with van der Waals surface area (Å²) in [6, 6.07) is 7.77. The van der Waals surface area contributed by atoms with Gasteiger partial charge in [-0.05, 0) is 87.6 Å². The van der Waals surface area contributed by atoms with Gasteiger partial charge in [-0.15, -0.1) is 0 Å². The van der Waals surface area contributed by atoms with Gasteiger partial charge in [0.15, 0.2) is 0 Å². The van der Waals surface area contributed by atoms with Crippen LogP contribution in [0.4, 0.5) is 0 Å². The van der Waals surface area contributed by atoms with Crippen LogP contribution in [0.2, 0.25) is 0 Å². The maximum Gasteiger partial charge on any atom is 0.322 e. The highest BCUT2D eigenvalue weighted by atomic mass is 16.5. The Hall–Kier alpha value is -1.92. The van der Waals surface area contributed by atoms with E-state index in [1.54, 1.807) is 0 Å². The molecule has 1 aliphatic carbocycles. The molecule has 4 N–H and O–H groups in total. The number of hydrogen-bond donors (Lipinski definition) is 3. The maximum absolute atomic E-state index is 12.6. The van der Waals surface area contributed by atoms with E-state index in [4.69, 9.17) is 10.5 Å². The summed E-state index contributed by atoms with van der Waals surface area (Å²) in [7, 11) is 1.37. The molecule has 1 aromatic carbocycles. The first-order valence-corrected chi connectivity index (χ1v) is 10.5. The number of esters is 1. The summed E-state index contributed by atoms with van der Waals surface area (Å²) in [6.45, 7) is 2.14. The molecule has 1 amide bonds. The molecule has 3 rings (SSSR count). The highest BCUT2D eigenvalue weighted by Gasteiger charge is 2.26. The average molecular weight is 388 g/mol. The predicted octanol–water partition coefficient (Wildman–Crippen LogP) is 2.33. The van der Waals surface area contributed by atoms with Gasteiger partial charge in [0.2, 0.25) is 0 Å². The Kier molecular flexibility index (Phi) is 7.45. The highest BCUT2D eigenvalue weighted by molar-refractivity contribution is 5.94. The minimum Gasteiger partial charge on any atom is -0.468 e. The van der Waals surface area contributed by atoms with Gasteiger partial charge in [-0.1, -0.05) is 12.1 Å². The van der Waals surface area contributed by atoms with Gasteiger partial charge >= 0.3 is 5.97 Å².